The van der Waals surface area contributed by atoms with Crippen molar-refractivity contribution in [1.82, 2.24) is 5.32 Å². The van der Waals surface area contributed by atoms with Gasteiger partial charge in [0.1, 0.15) is 0 Å². The fourth-order valence-corrected chi connectivity index (χ4v) is 2.25. The van der Waals surface area contributed by atoms with Gasteiger partial charge in [-0.25, -0.2) is 0 Å². The van der Waals surface area contributed by atoms with Gasteiger partial charge in [-0.05, 0) is 19.3 Å². The minimum absolute atomic E-state index is 0.0453. The van der Waals surface area contributed by atoms with Gasteiger partial charge in [-0.1, -0.05) is 25.7 Å². The molecule has 0 aromatic heterocycles. The summed E-state index contributed by atoms with van der Waals surface area (Å²) in [5, 5.41) is 2.86. The molecule has 0 radical (unpaired) electrons. The zero-order valence-electron chi connectivity index (χ0n) is 10.7. The quantitative estimate of drug-likeness (QED) is 0.694. The van der Waals surface area contributed by atoms with Crippen LogP contribution in [0.4, 0.5) is 0 Å². The Morgan fingerprint density at radius 1 is 1.24 bits per heavy atom. The number of carbonyl (C=O) groups excluding carboxylic acids is 2. The SMILES string of the molecule is CCOC(=O)CCC(=O)NCCC1CCCC1. The van der Waals surface area contributed by atoms with E-state index in [0.717, 1.165) is 18.9 Å². The summed E-state index contributed by atoms with van der Waals surface area (Å²) < 4.78 is 4.76. The molecule has 17 heavy (non-hydrogen) atoms. The Bertz CT molecular complexity index is 247. The van der Waals surface area contributed by atoms with Crippen LogP contribution in [0.15, 0.2) is 0 Å². The van der Waals surface area contributed by atoms with Crippen molar-refractivity contribution in [2.24, 2.45) is 5.92 Å². The van der Waals surface area contributed by atoms with E-state index in [1.54, 1.807) is 6.92 Å². The molecule has 1 amide bonds. The summed E-state index contributed by atoms with van der Waals surface area (Å²) in [6, 6.07) is 0. The molecule has 0 aromatic carbocycles. The summed E-state index contributed by atoms with van der Waals surface area (Å²) in [4.78, 5) is 22.4. The van der Waals surface area contributed by atoms with Crippen LogP contribution in [0.25, 0.3) is 0 Å². The first-order valence-corrected chi connectivity index (χ1v) is 6.64. The second kappa shape index (κ2) is 8.09. The molecule has 4 heteroatoms. The predicted molar refractivity (Wildman–Crippen MR) is 65.5 cm³/mol. The van der Waals surface area contributed by atoms with Crippen LogP contribution in [0.2, 0.25) is 0 Å². The molecule has 0 aliphatic heterocycles. The van der Waals surface area contributed by atoms with E-state index in [1.165, 1.54) is 25.7 Å². The maximum atomic E-state index is 11.4. The standard InChI is InChI=1S/C13H23NO3/c1-2-17-13(16)8-7-12(15)14-10-9-11-5-3-4-6-11/h11H,2-10H2,1H3,(H,14,15). The van der Waals surface area contributed by atoms with Crippen LogP contribution >= 0.6 is 0 Å². The lowest BCUT2D eigenvalue weighted by atomic mass is 10.0. The topological polar surface area (TPSA) is 55.4 Å². The van der Waals surface area contributed by atoms with E-state index in [0.29, 0.717) is 6.61 Å². The van der Waals surface area contributed by atoms with Gasteiger partial charge in [0, 0.05) is 13.0 Å². The van der Waals surface area contributed by atoms with Gasteiger partial charge >= 0.3 is 5.97 Å². The third-order valence-corrected chi connectivity index (χ3v) is 3.21. The van der Waals surface area contributed by atoms with Gasteiger partial charge in [-0.2, -0.15) is 0 Å². The zero-order chi connectivity index (χ0) is 12.5. The van der Waals surface area contributed by atoms with Crippen molar-refractivity contribution in [2.75, 3.05) is 13.2 Å². The van der Waals surface area contributed by atoms with Crippen LogP contribution < -0.4 is 5.32 Å². The number of hydrogen-bond donors (Lipinski definition) is 1. The molecule has 0 aromatic rings. The lowest BCUT2D eigenvalue weighted by Gasteiger charge is -2.09. The van der Waals surface area contributed by atoms with Crippen molar-refractivity contribution in [3.8, 4) is 0 Å². The summed E-state index contributed by atoms with van der Waals surface area (Å²) in [6.07, 6.45) is 6.78. The Morgan fingerprint density at radius 3 is 2.59 bits per heavy atom. The molecule has 0 unspecified atom stereocenters. The molecule has 1 aliphatic carbocycles. The number of esters is 1. The van der Waals surface area contributed by atoms with E-state index < -0.39 is 0 Å². The molecule has 1 aliphatic rings. The molecule has 98 valence electrons. The third kappa shape index (κ3) is 6.29. The van der Waals surface area contributed by atoms with Gasteiger partial charge < -0.3 is 10.1 Å². The summed E-state index contributed by atoms with van der Waals surface area (Å²) in [6.45, 7) is 2.88. The van der Waals surface area contributed by atoms with Gasteiger partial charge in [0.15, 0.2) is 0 Å². The van der Waals surface area contributed by atoms with Gasteiger partial charge in [0.25, 0.3) is 0 Å². The fourth-order valence-electron chi connectivity index (χ4n) is 2.25. The number of ether oxygens (including phenoxy) is 1. The molecule has 0 saturated heterocycles. The molecule has 1 rings (SSSR count). The first-order valence-electron chi connectivity index (χ1n) is 6.64. The second-order valence-electron chi connectivity index (χ2n) is 4.59. The molecule has 1 saturated carbocycles. The third-order valence-electron chi connectivity index (χ3n) is 3.21. The Hall–Kier alpha value is -1.06. The van der Waals surface area contributed by atoms with Crippen LogP contribution in [0.5, 0.6) is 0 Å². The van der Waals surface area contributed by atoms with Crippen molar-refractivity contribution < 1.29 is 14.3 Å². The first-order chi connectivity index (χ1) is 8.22. The van der Waals surface area contributed by atoms with Crippen LogP contribution in [-0.2, 0) is 14.3 Å². The van der Waals surface area contributed by atoms with E-state index in [-0.39, 0.29) is 24.7 Å². The minimum Gasteiger partial charge on any atom is -0.466 e. The van der Waals surface area contributed by atoms with Crippen molar-refractivity contribution in [3.63, 3.8) is 0 Å². The monoisotopic (exact) mass is 241 g/mol. The summed E-state index contributed by atoms with van der Waals surface area (Å²) in [5.74, 6) is 0.454. The molecule has 0 bridgehead atoms. The van der Waals surface area contributed by atoms with Crippen molar-refractivity contribution >= 4 is 11.9 Å². The zero-order valence-corrected chi connectivity index (χ0v) is 10.7. The highest BCUT2D eigenvalue weighted by Gasteiger charge is 2.14. The normalized spacial score (nSPS) is 15.8. The Morgan fingerprint density at radius 2 is 1.94 bits per heavy atom. The number of rotatable bonds is 7. The van der Waals surface area contributed by atoms with Gasteiger partial charge in [-0.3, -0.25) is 9.59 Å². The van der Waals surface area contributed by atoms with E-state index in [2.05, 4.69) is 5.32 Å². The number of nitrogens with one attached hydrogen (secondary N) is 1. The minimum atomic E-state index is -0.293. The van der Waals surface area contributed by atoms with Crippen molar-refractivity contribution in [3.05, 3.63) is 0 Å². The Labute approximate surface area is 103 Å². The molecular formula is C13H23NO3. The second-order valence-corrected chi connectivity index (χ2v) is 4.59. The lowest BCUT2D eigenvalue weighted by molar-refractivity contribution is -0.144. The predicted octanol–water partition coefficient (Wildman–Crippen LogP) is 2.03. The van der Waals surface area contributed by atoms with Gasteiger partial charge in [-0.15, -0.1) is 0 Å². The Balaban J connectivity index is 1.98. The smallest absolute Gasteiger partial charge is 0.306 e. The average molecular weight is 241 g/mol. The molecular weight excluding hydrogens is 218 g/mol. The van der Waals surface area contributed by atoms with Gasteiger partial charge in [0.05, 0.1) is 13.0 Å². The maximum absolute atomic E-state index is 11.4. The van der Waals surface area contributed by atoms with Crippen molar-refractivity contribution in [1.29, 1.82) is 0 Å². The van der Waals surface area contributed by atoms with E-state index >= 15 is 0 Å². The van der Waals surface area contributed by atoms with E-state index in [9.17, 15) is 9.59 Å². The molecule has 1 fully saturated rings. The maximum Gasteiger partial charge on any atom is 0.306 e. The molecule has 4 nitrogen and oxygen atoms in total. The highest BCUT2D eigenvalue weighted by Crippen LogP contribution is 2.26. The van der Waals surface area contributed by atoms with E-state index in [4.69, 9.17) is 4.74 Å². The number of amides is 1. The van der Waals surface area contributed by atoms with Crippen LogP contribution in [0, 0.1) is 5.92 Å². The summed E-state index contributed by atoms with van der Waals surface area (Å²) >= 11 is 0. The molecule has 0 atom stereocenters. The van der Waals surface area contributed by atoms with Crippen LogP contribution in [-0.4, -0.2) is 25.0 Å². The fraction of sp³-hybridized carbons (Fsp3) is 0.846. The average Bonchev–Trinajstić information content (AvgIpc) is 2.80. The van der Waals surface area contributed by atoms with E-state index in [1.807, 2.05) is 0 Å². The van der Waals surface area contributed by atoms with Crippen LogP contribution in [0.1, 0.15) is 51.9 Å². The van der Waals surface area contributed by atoms with Gasteiger partial charge in [0.2, 0.25) is 5.91 Å². The summed E-state index contributed by atoms with van der Waals surface area (Å²) in [7, 11) is 0. The molecule has 0 heterocycles. The summed E-state index contributed by atoms with van der Waals surface area (Å²) in [5.41, 5.74) is 0. The Kier molecular flexibility index (Phi) is 6.67. The largest absolute Gasteiger partial charge is 0.466 e. The number of carbonyl (C=O) groups is 2. The highest BCUT2D eigenvalue weighted by molar-refractivity contribution is 5.81. The lowest BCUT2D eigenvalue weighted by Crippen LogP contribution is -2.26. The molecule has 1 N–H and O–H groups in total. The highest BCUT2D eigenvalue weighted by atomic mass is 16.5. The molecule has 0 spiro atoms. The van der Waals surface area contributed by atoms with Crippen LogP contribution in [0.3, 0.4) is 0 Å². The number of hydrogen-bond acceptors (Lipinski definition) is 3. The first kappa shape index (κ1) is 14.0. The van der Waals surface area contributed by atoms with Crippen molar-refractivity contribution in [2.45, 2.75) is 51.9 Å².